The minimum absolute atomic E-state index is 0. The van der Waals surface area contributed by atoms with E-state index in [0.717, 1.165) is 12.8 Å². The molecule has 1 saturated carbocycles. The summed E-state index contributed by atoms with van der Waals surface area (Å²) < 4.78 is 37.4. The van der Waals surface area contributed by atoms with E-state index in [2.05, 4.69) is 5.32 Å². The van der Waals surface area contributed by atoms with Crippen LogP contribution in [0.2, 0.25) is 5.31 Å². The molecule has 0 spiro atoms. The van der Waals surface area contributed by atoms with Crippen molar-refractivity contribution in [3.8, 4) is 0 Å². The Morgan fingerprint density at radius 1 is 1.17 bits per heavy atom. The van der Waals surface area contributed by atoms with Crippen molar-refractivity contribution in [2.75, 3.05) is 13.1 Å². The average molecular weight is 203 g/mol. The summed E-state index contributed by atoms with van der Waals surface area (Å²) in [5, 5.41) is 1.45. The quantitative estimate of drug-likeness (QED) is 0.544. The van der Waals surface area contributed by atoms with E-state index < -0.39 is 12.3 Å². The van der Waals surface area contributed by atoms with Gasteiger partial charge in [-0.1, -0.05) is 18.8 Å². The molecule has 2 aliphatic rings. The molecule has 0 aromatic carbocycles. The zero-order valence-corrected chi connectivity index (χ0v) is 10.2. The molecule has 6 heteroatoms. The van der Waals surface area contributed by atoms with Crippen molar-refractivity contribution in [1.82, 2.24) is 5.32 Å². The average Bonchev–Trinajstić information content (AvgIpc) is 2.38. The Bertz CT molecular complexity index is 176. The molecule has 1 aliphatic carbocycles. The summed E-state index contributed by atoms with van der Waals surface area (Å²) in [5.74, 6) is -0.0521. The van der Waals surface area contributed by atoms with E-state index in [4.69, 9.17) is 0 Å². The summed E-state index contributed by atoms with van der Waals surface area (Å²) in [5.41, 5.74) is 0. The van der Waals surface area contributed by atoms with E-state index in [0.29, 0.717) is 0 Å². The van der Waals surface area contributed by atoms with Gasteiger partial charge in [0.05, 0.1) is 0 Å². The van der Waals surface area contributed by atoms with Crippen LogP contribution in [-0.2, 0) is 0 Å². The van der Waals surface area contributed by atoms with E-state index in [1.807, 2.05) is 0 Å². The predicted molar refractivity (Wildman–Crippen MR) is 37.4 cm³/mol. The van der Waals surface area contributed by atoms with Crippen LogP contribution in [0.3, 0.4) is 0 Å². The van der Waals surface area contributed by atoms with Gasteiger partial charge in [0.1, 0.15) is 0 Å². The van der Waals surface area contributed by atoms with Crippen LogP contribution < -0.4 is 56.7 Å². The summed E-state index contributed by atoms with van der Waals surface area (Å²) in [6, 6.07) is 0. The molecule has 2 fully saturated rings. The molecule has 2 rings (SSSR count). The van der Waals surface area contributed by atoms with Crippen molar-refractivity contribution in [3.05, 3.63) is 0 Å². The Labute approximate surface area is 112 Å². The van der Waals surface area contributed by atoms with Crippen LogP contribution in [-0.4, -0.2) is 20.1 Å². The SMILES string of the molecule is F[B-](F)(F)C1(C2CC2)CNC1.[K+]. The van der Waals surface area contributed by atoms with Crippen LogP contribution in [0.1, 0.15) is 12.8 Å². The first-order valence-electron chi connectivity index (χ1n) is 3.96. The van der Waals surface area contributed by atoms with Crippen molar-refractivity contribution in [2.24, 2.45) is 5.92 Å². The molecule has 0 atom stereocenters. The third-order valence-electron chi connectivity index (χ3n) is 2.95. The van der Waals surface area contributed by atoms with Gasteiger partial charge in [-0.3, -0.25) is 0 Å². The smallest absolute Gasteiger partial charge is 0.448 e. The van der Waals surface area contributed by atoms with E-state index in [-0.39, 0.29) is 70.4 Å². The Hall–Kier alpha value is 1.45. The van der Waals surface area contributed by atoms with Gasteiger partial charge in [0.15, 0.2) is 0 Å². The van der Waals surface area contributed by atoms with Gasteiger partial charge < -0.3 is 18.3 Å². The number of rotatable bonds is 2. The maximum absolute atomic E-state index is 12.5. The third kappa shape index (κ3) is 1.66. The number of hydrogen-bond acceptors (Lipinski definition) is 1. The Morgan fingerprint density at radius 3 is 1.75 bits per heavy atom. The van der Waals surface area contributed by atoms with Gasteiger partial charge in [0.25, 0.3) is 0 Å². The largest absolute Gasteiger partial charge is 1.00 e. The molecule has 1 N–H and O–H groups in total. The maximum Gasteiger partial charge on any atom is 1.00 e. The Balaban J connectivity index is 0.000000720. The molecule has 0 aromatic rings. The standard InChI is InChI=1S/C6H10BF3N.K/c8-7(9,10)6(3-11-4-6)5-1-2-5;/h5,11H,1-4H2;/q-1;+1. The minimum Gasteiger partial charge on any atom is -0.448 e. The summed E-state index contributed by atoms with van der Waals surface area (Å²) in [4.78, 5) is 0. The van der Waals surface area contributed by atoms with E-state index in [1.54, 1.807) is 0 Å². The fourth-order valence-electron chi connectivity index (χ4n) is 1.86. The predicted octanol–water partition coefficient (Wildman–Crippen LogP) is -1.41. The molecule has 1 heterocycles. The van der Waals surface area contributed by atoms with Crippen molar-refractivity contribution >= 4 is 6.98 Å². The van der Waals surface area contributed by atoms with Gasteiger partial charge in [0, 0.05) is 0 Å². The second-order valence-electron chi connectivity index (χ2n) is 3.69. The van der Waals surface area contributed by atoms with Crippen LogP contribution >= 0.6 is 0 Å². The number of nitrogens with one attached hydrogen (secondary N) is 1. The van der Waals surface area contributed by atoms with Crippen molar-refractivity contribution in [3.63, 3.8) is 0 Å². The van der Waals surface area contributed by atoms with Crippen molar-refractivity contribution < 1.29 is 64.3 Å². The Morgan fingerprint density at radius 2 is 1.67 bits per heavy atom. The summed E-state index contributed by atoms with van der Waals surface area (Å²) in [6.45, 7) is -4.28. The molecule has 1 nitrogen and oxygen atoms in total. The first kappa shape index (κ1) is 11.5. The van der Waals surface area contributed by atoms with E-state index in [9.17, 15) is 12.9 Å². The maximum atomic E-state index is 12.5. The first-order valence-corrected chi connectivity index (χ1v) is 3.96. The van der Waals surface area contributed by atoms with Crippen molar-refractivity contribution in [2.45, 2.75) is 18.2 Å². The van der Waals surface area contributed by atoms with Gasteiger partial charge in [-0.15, -0.1) is 0 Å². The fraction of sp³-hybridized carbons (Fsp3) is 1.00. The third-order valence-corrected chi connectivity index (χ3v) is 2.95. The zero-order chi connectivity index (χ0) is 8.11. The number of hydrogen-bond donors (Lipinski definition) is 1. The molecular formula is C6H10BF3KN. The van der Waals surface area contributed by atoms with E-state index >= 15 is 0 Å². The van der Waals surface area contributed by atoms with Crippen molar-refractivity contribution in [1.29, 1.82) is 0 Å². The van der Waals surface area contributed by atoms with Gasteiger partial charge >= 0.3 is 58.4 Å². The summed E-state index contributed by atoms with van der Waals surface area (Å²) in [7, 11) is 0. The van der Waals surface area contributed by atoms with Gasteiger partial charge in [-0.05, 0) is 18.4 Å². The van der Waals surface area contributed by atoms with Crippen LogP contribution in [0.5, 0.6) is 0 Å². The van der Waals surface area contributed by atoms with Crippen LogP contribution in [0.4, 0.5) is 12.9 Å². The normalized spacial score (nSPS) is 27.2. The molecule has 1 aliphatic heterocycles. The molecule has 0 radical (unpaired) electrons. The van der Waals surface area contributed by atoms with Gasteiger partial charge in [0.2, 0.25) is 0 Å². The molecule has 12 heavy (non-hydrogen) atoms. The molecule has 0 aromatic heterocycles. The first-order chi connectivity index (χ1) is 5.06. The van der Waals surface area contributed by atoms with Crippen LogP contribution in [0.25, 0.3) is 0 Å². The summed E-state index contributed by atoms with van der Waals surface area (Å²) >= 11 is 0. The van der Waals surface area contributed by atoms with Crippen LogP contribution in [0.15, 0.2) is 0 Å². The molecule has 0 unspecified atom stereocenters. The van der Waals surface area contributed by atoms with Gasteiger partial charge in [-0.25, -0.2) is 0 Å². The second-order valence-corrected chi connectivity index (χ2v) is 3.69. The van der Waals surface area contributed by atoms with Gasteiger partial charge in [-0.2, -0.15) is 0 Å². The summed E-state index contributed by atoms with van der Waals surface area (Å²) in [6.07, 6.45) is 1.56. The molecular weight excluding hydrogens is 193 g/mol. The van der Waals surface area contributed by atoms with E-state index in [1.165, 1.54) is 0 Å². The number of halogens is 3. The molecule has 1 saturated heterocycles. The fourth-order valence-corrected chi connectivity index (χ4v) is 1.86. The topological polar surface area (TPSA) is 12.0 Å². The molecule has 0 bridgehead atoms. The monoisotopic (exact) mass is 203 g/mol. The minimum atomic E-state index is -4.62. The second kappa shape index (κ2) is 3.55. The molecule has 64 valence electrons. The Kier molecular flexibility index (Phi) is 3.41. The molecule has 0 amide bonds. The van der Waals surface area contributed by atoms with Crippen LogP contribution in [0, 0.1) is 5.92 Å². The zero-order valence-electron chi connectivity index (χ0n) is 7.12.